The minimum absolute atomic E-state index is 0.136. The Hall–Kier alpha value is -1.90. The van der Waals surface area contributed by atoms with Crippen molar-refractivity contribution in [2.24, 2.45) is 4.99 Å². The molecule has 0 saturated heterocycles. The van der Waals surface area contributed by atoms with Gasteiger partial charge in [-0.25, -0.2) is 9.98 Å². The molecule has 0 bridgehead atoms. The van der Waals surface area contributed by atoms with Crippen LogP contribution in [0.5, 0.6) is 0 Å². The van der Waals surface area contributed by atoms with Crippen molar-refractivity contribution in [3.63, 3.8) is 0 Å². The maximum absolute atomic E-state index is 5.59. The van der Waals surface area contributed by atoms with Crippen LogP contribution in [-0.4, -0.2) is 23.0 Å². The molecule has 0 atom stereocenters. The number of fused-ring (bicyclic) bond motifs is 1. The van der Waals surface area contributed by atoms with E-state index in [-0.39, 0.29) is 5.54 Å². The van der Waals surface area contributed by atoms with E-state index in [9.17, 15) is 0 Å². The summed E-state index contributed by atoms with van der Waals surface area (Å²) in [6, 6.07) is 12.1. The molecule has 0 fully saturated rings. The lowest BCUT2D eigenvalue weighted by Gasteiger charge is -2.07. The van der Waals surface area contributed by atoms with Crippen molar-refractivity contribution in [2.45, 2.75) is 19.4 Å². The van der Waals surface area contributed by atoms with Crippen LogP contribution in [0.2, 0.25) is 0 Å². The van der Waals surface area contributed by atoms with Crippen LogP contribution >= 0.6 is 0 Å². The summed E-state index contributed by atoms with van der Waals surface area (Å²) in [5.41, 5.74) is 1.65. The normalized spacial score (nSPS) is 17.9. The Morgan fingerprint density at radius 3 is 2.71 bits per heavy atom. The third kappa shape index (κ3) is 1.88. The fraction of sp³-hybridized carbons (Fsp3) is 0.286. The van der Waals surface area contributed by atoms with Gasteiger partial charge in [-0.3, -0.25) is 0 Å². The molecule has 17 heavy (non-hydrogen) atoms. The van der Waals surface area contributed by atoms with Gasteiger partial charge in [0.05, 0.1) is 11.1 Å². The fourth-order valence-electron chi connectivity index (χ4n) is 1.90. The summed E-state index contributed by atoms with van der Waals surface area (Å²) < 4.78 is 5.59. The molecule has 3 heteroatoms. The quantitative estimate of drug-likeness (QED) is 0.749. The molecule has 3 nitrogen and oxygen atoms in total. The first kappa shape index (κ1) is 10.3. The number of pyridine rings is 1. The van der Waals surface area contributed by atoms with Crippen molar-refractivity contribution in [1.29, 1.82) is 0 Å². The van der Waals surface area contributed by atoms with Crippen molar-refractivity contribution in [3.8, 4) is 0 Å². The highest BCUT2D eigenvalue weighted by Crippen LogP contribution is 2.21. The van der Waals surface area contributed by atoms with Crippen molar-refractivity contribution in [1.82, 2.24) is 4.98 Å². The largest absolute Gasteiger partial charge is 0.474 e. The van der Waals surface area contributed by atoms with Gasteiger partial charge in [0.2, 0.25) is 5.90 Å². The van der Waals surface area contributed by atoms with E-state index < -0.39 is 0 Å². The van der Waals surface area contributed by atoms with Crippen molar-refractivity contribution in [3.05, 3.63) is 42.1 Å². The summed E-state index contributed by atoms with van der Waals surface area (Å²) in [5, 5.41) is 1.13. The number of hydrogen-bond acceptors (Lipinski definition) is 3. The van der Waals surface area contributed by atoms with Crippen molar-refractivity contribution < 1.29 is 4.74 Å². The average molecular weight is 226 g/mol. The standard InChI is InChI=1S/C14H14N2O/c1-14(2)9-17-13(16-14)12-8-7-10-5-3-4-6-11(10)15-12/h3-8H,9H2,1-2H3. The average Bonchev–Trinajstić information content (AvgIpc) is 2.69. The first-order chi connectivity index (χ1) is 8.14. The number of benzene rings is 1. The molecular weight excluding hydrogens is 212 g/mol. The van der Waals surface area contributed by atoms with Gasteiger partial charge in [0.1, 0.15) is 12.3 Å². The van der Waals surface area contributed by atoms with Crippen molar-refractivity contribution in [2.75, 3.05) is 6.61 Å². The Morgan fingerprint density at radius 2 is 1.94 bits per heavy atom. The maximum atomic E-state index is 5.59. The minimum atomic E-state index is -0.136. The molecular formula is C14H14N2O. The molecule has 2 aromatic rings. The second-order valence-corrected chi connectivity index (χ2v) is 4.91. The summed E-state index contributed by atoms with van der Waals surface area (Å²) in [4.78, 5) is 9.10. The zero-order valence-electron chi connectivity index (χ0n) is 9.97. The van der Waals surface area contributed by atoms with E-state index in [4.69, 9.17) is 4.74 Å². The van der Waals surface area contributed by atoms with Crippen LogP contribution in [0.15, 0.2) is 41.4 Å². The highest BCUT2D eigenvalue weighted by Gasteiger charge is 2.27. The molecule has 0 spiro atoms. The Morgan fingerprint density at radius 1 is 1.12 bits per heavy atom. The molecule has 1 aromatic heterocycles. The Bertz CT molecular complexity index is 602. The first-order valence-electron chi connectivity index (χ1n) is 5.73. The van der Waals surface area contributed by atoms with Crippen LogP contribution in [0, 0.1) is 0 Å². The SMILES string of the molecule is CC1(C)COC(c2ccc3ccccc3n2)=N1. The van der Waals surface area contributed by atoms with Gasteiger partial charge in [-0.15, -0.1) is 0 Å². The number of para-hydroxylation sites is 1. The van der Waals surface area contributed by atoms with E-state index in [0.29, 0.717) is 12.5 Å². The van der Waals surface area contributed by atoms with E-state index in [1.807, 2.05) is 30.3 Å². The number of aromatic nitrogens is 1. The first-order valence-corrected chi connectivity index (χ1v) is 5.73. The summed E-state index contributed by atoms with van der Waals surface area (Å²) >= 11 is 0. The summed E-state index contributed by atoms with van der Waals surface area (Å²) in [6.45, 7) is 4.74. The predicted octanol–water partition coefficient (Wildman–Crippen LogP) is 2.79. The van der Waals surface area contributed by atoms with Crippen LogP contribution in [0.25, 0.3) is 10.9 Å². The van der Waals surface area contributed by atoms with Crippen molar-refractivity contribution >= 4 is 16.8 Å². The molecule has 86 valence electrons. The Balaban J connectivity index is 2.07. The molecule has 1 aromatic carbocycles. The van der Waals surface area contributed by atoms with Crippen LogP contribution in [0.1, 0.15) is 19.5 Å². The molecule has 0 saturated carbocycles. The zero-order chi connectivity index (χ0) is 11.9. The van der Waals surface area contributed by atoms with Gasteiger partial charge >= 0.3 is 0 Å². The van der Waals surface area contributed by atoms with Gasteiger partial charge in [-0.1, -0.05) is 24.3 Å². The number of ether oxygens (including phenoxy) is 1. The monoisotopic (exact) mass is 226 g/mol. The van der Waals surface area contributed by atoms with Gasteiger partial charge in [0.25, 0.3) is 0 Å². The fourth-order valence-corrected chi connectivity index (χ4v) is 1.90. The number of aliphatic imine (C=N–C) groups is 1. The van der Waals surface area contributed by atoms with Crippen LogP contribution in [0.4, 0.5) is 0 Å². The molecule has 1 aliphatic heterocycles. The smallest absolute Gasteiger partial charge is 0.236 e. The molecule has 3 rings (SSSR count). The highest BCUT2D eigenvalue weighted by molar-refractivity contribution is 5.95. The topological polar surface area (TPSA) is 34.5 Å². The molecule has 2 heterocycles. The minimum Gasteiger partial charge on any atom is -0.474 e. The maximum Gasteiger partial charge on any atom is 0.236 e. The molecule has 0 amide bonds. The third-order valence-corrected chi connectivity index (χ3v) is 2.78. The van der Waals surface area contributed by atoms with Gasteiger partial charge in [-0.05, 0) is 26.0 Å². The van der Waals surface area contributed by atoms with Gasteiger partial charge < -0.3 is 4.74 Å². The van der Waals surface area contributed by atoms with Crippen LogP contribution < -0.4 is 0 Å². The van der Waals surface area contributed by atoms with E-state index in [1.54, 1.807) is 0 Å². The molecule has 0 radical (unpaired) electrons. The van der Waals surface area contributed by atoms with E-state index in [0.717, 1.165) is 16.6 Å². The van der Waals surface area contributed by atoms with E-state index in [2.05, 4.69) is 29.9 Å². The third-order valence-electron chi connectivity index (χ3n) is 2.78. The van der Waals surface area contributed by atoms with Gasteiger partial charge in [0.15, 0.2) is 0 Å². The van der Waals surface area contributed by atoms with E-state index >= 15 is 0 Å². The Kier molecular flexibility index (Phi) is 2.15. The molecule has 0 unspecified atom stereocenters. The molecule has 0 aliphatic carbocycles. The second kappa shape index (κ2) is 3.55. The lowest BCUT2D eigenvalue weighted by atomic mass is 10.1. The van der Waals surface area contributed by atoms with Crippen LogP contribution in [-0.2, 0) is 4.74 Å². The molecule has 0 N–H and O–H groups in total. The van der Waals surface area contributed by atoms with Gasteiger partial charge in [0, 0.05) is 5.39 Å². The number of rotatable bonds is 1. The molecule has 1 aliphatic rings. The van der Waals surface area contributed by atoms with E-state index in [1.165, 1.54) is 0 Å². The lowest BCUT2D eigenvalue weighted by molar-refractivity contribution is 0.279. The Labute approximate surface area is 100 Å². The zero-order valence-corrected chi connectivity index (χ0v) is 9.97. The number of hydrogen-bond donors (Lipinski definition) is 0. The highest BCUT2D eigenvalue weighted by atomic mass is 16.5. The summed E-state index contributed by atoms with van der Waals surface area (Å²) in [6.07, 6.45) is 0. The van der Waals surface area contributed by atoms with Crippen LogP contribution in [0.3, 0.4) is 0 Å². The van der Waals surface area contributed by atoms with Gasteiger partial charge in [-0.2, -0.15) is 0 Å². The summed E-state index contributed by atoms with van der Waals surface area (Å²) in [5.74, 6) is 0.653. The lowest BCUT2D eigenvalue weighted by Crippen LogP contribution is -2.17. The summed E-state index contributed by atoms with van der Waals surface area (Å²) in [7, 11) is 0. The second-order valence-electron chi connectivity index (χ2n) is 4.91. The predicted molar refractivity (Wildman–Crippen MR) is 68.3 cm³/mol. The number of nitrogens with zero attached hydrogens (tertiary/aromatic N) is 2.